The Bertz CT molecular complexity index is 252. The molecule has 0 bridgehead atoms. The lowest BCUT2D eigenvalue weighted by Gasteiger charge is -2.16. The van der Waals surface area contributed by atoms with Crippen LogP contribution in [0.2, 0.25) is 0 Å². The maximum Gasteiger partial charge on any atom is 0.124 e. The van der Waals surface area contributed by atoms with Gasteiger partial charge < -0.3 is 5.32 Å². The van der Waals surface area contributed by atoms with E-state index in [2.05, 4.69) is 16.8 Å². The molecule has 0 saturated carbocycles. The number of thiophene rings is 1. The average Bonchev–Trinajstić information content (AvgIpc) is 2.72. The molecule has 1 aromatic heterocycles. The molecule has 0 spiro atoms. The number of hydrogen-bond acceptors (Lipinski definition) is 2. The van der Waals surface area contributed by atoms with Gasteiger partial charge in [0, 0.05) is 6.54 Å². The van der Waals surface area contributed by atoms with Gasteiger partial charge in [-0.05, 0) is 48.2 Å². The van der Waals surface area contributed by atoms with Crippen molar-refractivity contribution < 1.29 is 4.39 Å². The summed E-state index contributed by atoms with van der Waals surface area (Å²) >= 11 is 1.68. The highest BCUT2D eigenvalue weighted by molar-refractivity contribution is 7.07. The third-order valence-corrected chi connectivity index (χ3v) is 3.37. The van der Waals surface area contributed by atoms with Crippen molar-refractivity contribution >= 4 is 11.3 Å². The predicted octanol–water partition coefficient (Wildman–Crippen LogP) is 2.38. The number of alkyl halides is 1. The van der Waals surface area contributed by atoms with Crippen LogP contribution in [0.15, 0.2) is 16.8 Å². The quantitative estimate of drug-likeness (QED) is 0.788. The van der Waals surface area contributed by atoms with E-state index < -0.39 is 5.67 Å². The Hall–Kier alpha value is -0.410. The van der Waals surface area contributed by atoms with E-state index in [-0.39, 0.29) is 0 Å². The van der Waals surface area contributed by atoms with Crippen molar-refractivity contribution in [3.05, 3.63) is 22.4 Å². The fourth-order valence-corrected chi connectivity index (χ4v) is 2.43. The van der Waals surface area contributed by atoms with Crippen LogP contribution in [-0.2, 0) is 6.42 Å². The van der Waals surface area contributed by atoms with E-state index in [1.807, 2.05) is 5.38 Å². The van der Waals surface area contributed by atoms with Gasteiger partial charge in [-0.1, -0.05) is 0 Å². The summed E-state index contributed by atoms with van der Waals surface area (Å²) in [6.07, 6.45) is 2.22. The van der Waals surface area contributed by atoms with Gasteiger partial charge in [0.1, 0.15) is 5.67 Å². The molecular weight excluding hydrogens is 185 g/mol. The summed E-state index contributed by atoms with van der Waals surface area (Å²) in [6.45, 7) is 1.37. The van der Waals surface area contributed by atoms with Crippen molar-refractivity contribution in [1.29, 1.82) is 0 Å². The van der Waals surface area contributed by atoms with E-state index in [0.29, 0.717) is 19.4 Å². The van der Waals surface area contributed by atoms with E-state index >= 15 is 0 Å². The number of hydrogen-bond donors (Lipinski definition) is 1. The summed E-state index contributed by atoms with van der Waals surface area (Å²) in [5.41, 5.74) is 0.330. The van der Waals surface area contributed by atoms with Crippen LogP contribution in [0.5, 0.6) is 0 Å². The van der Waals surface area contributed by atoms with Crippen molar-refractivity contribution in [3.8, 4) is 0 Å². The second kappa shape index (κ2) is 3.76. The van der Waals surface area contributed by atoms with Gasteiger partial charge in [0.05, 0.1) is 0 Å². The lowest BCUT2D eigenvalue weighted by molar-refractivity contribution is 0.176. The highest BCUT2D eigenvalue weighted by Gasteiger charge is 2.32. The SMILES string of the molecule is FC1(CCc2ccsc2)CCNC1. The van der Waals surface area contributed by atoms with Crippen LogP contribution in [-0.4, -0.2) is 18.8 Å². The van der Waals surface area contributed by atoms with Gasteiger partial charge in [-0.2, -0.15) is 11.3 Å². The Morgan fingerprint density at radius 2 is 2.54 bits per heavy atom. The Balaban J connectivity index is 1.85. The lowest BCUT2D eigenvalue weighted by atomic mass is 9.97. The first-order valence-electron chi connectivity index (χ1n) is 4.69. The van der Waals surface area contributed by atoms with Gasteiger partial charge >= 0.3 is 0 Å². The molecule has 2 rings (SSSR count). The fraction of sp³-hybridized carbons (Fsp3) is 0.600. The van der Waals surface area contributed by atoms with E-state index in [4.69, 9.17) is 0 Å². The van der Waals surface area contributed by atoms with Crippen LogP contribution in [0, 0.1) is 0 Å². The molecule has 1 aromatic rings. The third-order valence-electron chi connectivity index (χ3n) is 2.63. The molecular formula is C10H14FNS. The van der Waals surface area contributed by atoms with Crippen LogP contribution in [0.4, 0.5) is 4.39 Å². The van der Waals surface area contributed by atoms with E-state index in [9.17, 15) is 4.39 Å². The molecule has 13 heavy (non-hydrogen) atoms. The van der Waals surface area contributed by atoms with Gasteiger partial charge in [0.25, 0.3) is 0 Å². The zero-order valence-corrected chi connectivity index (χ0v) is 8.37. The largest absolute Gasteiger partial charge is 0.313 e. The van der Waals surface area contributed by atoms with Crippen molar-refractivity contribution in [2.24, 2.45) is 0 Å². The minimum atomic E-state index is -0.943. The lowest BCUT2D eigenvalue weighted by Crippen LogP contribution is -2.26. The first-order valence-corrected chi connectivity index (χ1v) is 5.64. The number of rotatable bonds is 3. The van der Waals surface area contributed by atoms with Crippen molar-refractivity contribution in [1.82, 2.24) is 5.32 Å². The Morgan fingerprint density at radius 3 is 3.15 bits per heavy atom. The topological polar surface area (TPSA) is 12.0 Å². The first-order chi connectivity index (χ1) is 6.29. The molecule has 0 amide bonds. The van der Waals surface area contributed by atoms with Gasteiger partial charge in [-0.15, -0.1) is 0 Å². The van der Waals surface area contributed by atoms with Gasteiger partial charge in [0.15, 0.2) is 0 Å². The zero-order valence-electron chi connectivity index (χ0n) is 7.55. The maximum absolute atomic E-state index is 13.8. The Kier molecular flexibility index (Phi) is 2.65. The van der Waals surface area contributed by atoms with Gasteiger partial charge in [0.2, 0.25) is 0 Å². The minimum absolute atomic E-state index is 0.539. The molecule has 0 aromatic carbocycles. The summed E-state index contributed by atoms with van der Waals surface area (Å²) in [7, 11) is 0. The molecule has 0 radical (unpaired) electrons. The Labute approximate surface area is 82.0 Å². The average molecular weight is 199 g/mol. The highest BCUT2D eigenvalue weighted by atomic mass is 32.1. The minimum Gasteiger partial charge on any atom is -0.313 e. The molecule has 1 atom stereocenters. The molecule has 1 unspecified atom stereocenters. The number of aryl methyl sites for hydroxylation is 1. The summed E-state index contributed by atoms with van der Waals surface area (Å²) in [5, 5.41) is 7.22. The fourth-order valence-electron chi connectivity index (χ4n) is 1.73. The Morgan fingerprint density at radius 1 is 1.62 bits per heavy atom. The van der Waals surface area contributed by atoms with E-state index in [1.54, 1.807) is 11.3 Å². The molecule has 72 valence electrons. The summed E-state index contributed by atoms with van der Waals surface area (Å²) in [4.78, 5) is 0. The number of halogens is 1. The highest BCUT2D eigenvalue weighted by Crippen LogP contribution is 2.26. The maximum atomic E-state index is 13.8. The van der Waals surface area contributed by atoms with E-state index in [1.165, 1.54) is 5.56 Å². The molecule has 1 aliphatic rings. The molecule has 1 saturated heterocycles. The predicted molar refractivity (Wildman–Crippen MR) is 54.0 cm³/mol. The summed E-state index contributed by atoms with van der Waals surface area (Å²) in [5.74, 6) is 0. The second-order valence-corrected chi connectivity index (χ2v) is 4.49. The number of nitrogens with one attached hydrogen (secondary N) is 1. The standard InChI is InChI=1S/C10H14FNS/c11-10(4-5-12-8-10)3-1-9-2-6-13-7-9/h2,6-7,12H,1,3-5,8H2. The molecule has 1 aliphatic heterocycles. The van der Waals surface area contributed by atoms with Crippen LogP contribution in [0.1, 0.15) is 18.4 Å². The van der Waals surface area contributed by atoms with Crippen LogP contribution < -0.4 is 5.32 Å². The molecule has 1 N–H and O–H groups in total. The zero-order chi connectivity index (χ0) is 9.15. The normalized spacial score (nSPS) is 28.1. The van der Waals surface area contributed by atoms with Crippen molar-refractivity contribution in [2.75, 3.05) is 13.1 Å². The second-order valence-electron chi connectivity index (χ2n) is 3.71. The summed E-state index contributed by atoms with van der Waals surface area (Å²) < 4.78 is 13.8. The van der Waals surface area contributed by atoms with Crippen molar-refractivity contribution in [3.63, 3.8) is 0 Å². The van der Waals surface area contributed by atoms with Crippen LogP contribution in [0.25, 0.3) is 0 Å². The molecule has 1 fully saturated rings. The monoisotopic (exact) mass is 199 g/mol. The first kappa shape index (κ1) is 9.16. The van der Waals surface area contributed by atoms with Gasteiger partial charge in [-0.25, -0.2) is 4.39 Å². The summed E-state index contributed by atoms with van der Waals surface area (Å²) in [6, 6.07) is 2.08. The molecule has 2 heterocycles. The molecule has 1 nitrogen and oxygen atoms in total. The third kappa shape index (κ3) is 2.29. The smallest absolute Gasteiger partial charge is 0.124 e. The van der Waals surface area contributed by atoms with Gasteiger partial charge in [-0.3, -0.25) is 0 Å². The molecule has 0 aliphatic carbocycles. The van der Waals surface area contributed by atoms with Crippen molar-refractivity contribution in [2.45, 2.75) is 24.9 Å². The van der Waals surface area contributed by atoms with E-state index in [0.717, 1.165) is 13.0 Å². The van der Waals surface area contributed by atoms with Crippen LogP contribution >= 0.6 is 11.3 Å². The van der Waals surface area contributed by atoms with Crippen LogP contribution in [0.3, 0.4) is 0 Å². The molecule has 3 heteroatoms.